The summed E-state index contributed by atoms with van der Waals surface area (Å²) in [5.41, 5.74) is 9.13. The highest BCUT2D eigenvalue weighted by atomic mass is 16.6. The number of hydrogen-bond acceptors (Lipinski definition) is 6. The lowest BCUT2D eigenvalue weighted by Crippen LogP contribution is -2.22. The van der Waals surface area contributed by atoms with Gasteiger partial charge in [-0.05, 0) is 43.3 Å². The van der Waals surface area contributed by atoms with E-state index in [1.165, 1.54) is 6.08 Å². The van der Waals surface area contributed by atoms with Crippen LogP contribution in [0.4, 0.5) is 21.9 Å². The molecule has 0 fully saturated rings. The molecule has 36 heavy (non-hydrogen) atoms. The van der Waals surface area contributed by atoms with Gasteiger partial charge in [0.15, 0.2) is 0 Å². The molecule has 2 amide bonds. The van der Waals surface area contributed by atoms with Crippen molar-refractivity contribution < 1.29 is 24.2 Å². The molecule has 8 heteroatoms. The molecule has 188 valence electrons. The molecule has 3 rings (SSSR count). The van der Waals surface area contributed by atoms with E-state index < -0.39 is 18.1 Å². The van der Waals surface area contributed by atoms with E-state index >= 15 is 0 Å². The molecular weight excluding hydrogens is 458 g/mol. The number of nitrogens with two attached hydrogens (primary N) is 1. The number of aliphatic hydroxyl groups is 1. The van der Waals surface area contributed by atoms with Crippen molar-refractivity contribution in [3.05, 3.63) is 96.1 Å². The van der Waals surface area contributed by atoms with Gasteiger partial charge in [-0.25, -0.2) is 4.79 Å². The third-order valence-electron chi connectivity index (χ3n) is 5.35. The third kappa shape index (κ3) is 7.61. The summed E-state index contributed by atoms with van der Waals surface area (Å²) >= 11 is 0. The first kappa shape index (κ1) is 26.3. The number of nitrogens with one attached hydrogen (secondary N) is 2. The zero-order valence-electron chi connectivity index (χ0n) is 20.3. The third-order valence-corrected chi connectivity index (χ3v) is 5.35. The smallest absolute Gasteiger partial charge is 0.412 e. The van der Waals surface area contributed by atoms with E-state index in [2.05, 4.69) is 10.6 Å². The predicted molar refractivity (Wildman–Crippen MR) is 141 cm³/mol. The number of carbonyl (C=O) groups excluding carboxylic acids is 2. The Kier molecular flexibility index (Phi) is 9.48. The number of ether oxygens (including phenoxy) is 2. The maximum absolute atomic E-state index is 12.8. The molecule has 0 aromatic heterocycles. The molecule has 0 radical (unpaired) electrons. The van der Waals surface area contributed by atoms with Crippen molar-refractivity contribution in [1.29, 1.82) is 0 Å². The number of aryl methyl sites for hydroxylation is 1. The molecule has 0 saturated heterocycles. The quantitative estimate of drug-likeness (QED) is 0.233. The van der Waals surface area contributed by atoms with Crippen molar-refractivity contribution in [3.63, 3.8) is 0 Å². The monoisotopic (exact) mass is 489 g/mol. The second-order valence-corrected chi connectivity index (χ2v) is 8.22. The summed E-state index contributed by atoms with van der Waals surface area (Å²) in [5.74, 6) is -0.305. The molecule has 0 aliphatic carbocycles. The number of para-hydroxylation sites is 3. The zero-order chi connectivity index (χ0) is 25.9. The van der Waals surface area contributed by atoms with Crippen LogP contribution in [-0.4, -0.2) is 30.3 Å². The van der Waals surface area contributed by atoms with Gasteiger partial charge in [-0.1, -0.05) is 61.0 Å². The van der Waals surface area contributed by atoms with E-state index in [1.54, 1.807) is 66.7 Å². The standard InChI is InChI=1S/C28H31N3O5/c1-19-11-14-21(15-12-19)30-28(34)36-27(22-7-3-6-10-25(22)35-18-17-32)20(2)13-16-26(33)31-24-9-5-4-8-23(24)29/h3-16,20,27,32H,17-18,29H2,1-2H3,(H,30,34)(H,31,33)/b16-13+/t20-,27-/m1/s1. The molecule has 0 aliphatic heterocycles. The molecule has 2 atom stereocenters. The molecule has 8 nitrogen and oxygen atoms in total. The van der Waals surface area contributed by atoms with Gasteiger partial charge >= 0.3 is 6.09 Å². The summed E-state index contributed by atoms with van der Waals surface area (Å²) in [6, 6.07) is 21.4. The fourth-order valence-electron chi connectivity index (χ4n) is 3.48. The van der Waals surface area contributed by atoms with Crippen LogP contribution in [0.3, 0.4) is 0 Å². The van der Waals surface area contributed by atoms with Gasteiger partial charge in [-0.2, -0.15) is 0 Å². The summed E-state index contributed by atoms with van der Waals surface area (Å²) in [6.45, 7) is 3.71. The van der Waals surface area contributed by atoms with Gasteiger partial charge in [0.05, 0.1) is 18.0 Å². The molecule has 3 aromatic carbocycles. The number of rotatable bonds is 10. The van der Waals surface area contributed by atoms with Gasteiger partial charge in [0.2, 0.25) is 5.91 Å². The Hall–Kier alpha value is -4.30. The summed E-state index contributed by atoms with van der Waals surface area (Å²) in [4.78, 5) is 25.3. The minimum atomic E-state index is -0.781. The van der Waals surface area contributed by atoms with Crippen molar-refractivity contribution >= 4 is 29.1 Å². The summed E-state index contributed by atoms with van der Waals surface area (Å²) in [6.07, 6.45) is 1.60. The van der Waals surface area contributed by atoms with Gasteiger partial charge in [-0.3, -0.25) is 10.1 Å². The number of amides is 2. The van der Waals surface area contributed by atoms with E-state index in [4.69, 9.17) is 15.2 Å². The molecule has 0 bridgehead atoms. The van der Waals surface area contributed by atoms with E-state index in [0.717, 1.165) is 5.56 Å². The highest BCUT2D eigenvalue weighted by Crippen LogP contribution is 2.34. The highest BCUT2D eigenvalue weighted by Gasteiger charge is 2.25. The van der Waals surface area contributed by atoms with Gasteiger partial charge in [-0.15, -0.1) is 0 Å². The van der Waals surface area contributed by atoms with Crippen LogP contribution < -0.4 is 21.1 Å². The lowest BCUT2D eigenvalue weighted by Gasteiger charge is -2.25. The molecule has 0 unspecified atom stereocenters. The van der Waals surface area contributed by atoms with E-state index in [-0.39, 0.29) is 19.1 Å². The van der Waals surface area contributed by atoms with Crippen LogP contribution in [0.2, 0.25) is 0 Å². The average molecular weight is 490 g/mol. The first-order valence-electron chi connectivity index (χ1n) is 11.6. The summed E-state index contributed by atoms with van der Waals surface area (Å²) in [5, 5.41) is 14.7. The fraction of sp³-hybridized carbons (Fsp3) is 0.214. The van der Waals surface area contributed by atoms with Crippen LogP contribution >= 0.6 is 0 Å². The van der Waals surface area contributed by atoms with Crippen LogP contribution in [0.25, 0.3) is 0 Å². The molecule has 0 saturated carbocycles. The zero-order valence-corrected chi connectivity index (χ0v) is 20.3. The van der Waals surface area contributed by atoms with E-state index in [0.29, 0.717) is 28.4 Å². The highest BCUT2D eigenvalue weighted by molar-refractivity contribution is 6.01. The fourth-order valence-corrected chi connectivity index (χ4v) is 3.48. The van der Waals surface area contributed by atoms with Crippen molar-refractivity contribution in [2.24, 2.45) is 5.92 Å². The number of aliphatic hydroxyl groups excluding tert-OH is 1. The SMILES string of the molecule is Cc1ccc(NC(=O)O[C@@H](c2ccccc2OCCO)[C@H](C)/C=C/C(=O)Nc2ccccc2N)cc1. The Morgan fingerprint density at radius 3 is 2.42 bits per heavy atom. The average Bonchev–Trinajstić information content (AvgIpc) is 2.87. The summed E-state index contributed by atoms with van der Waals surface area (Å²) in [7, 11) is 0. The lowest BCUT2D eigenvalue weighted by molar-refractivity contribution is -0.111. The number of hydrogen-bond donors (Lipinski definition) is 4. The van der Waals surface area contributed by atoms with Gasteiger partial charge < -0.3 is 25.6 Å². The minimum Gasteiger partial charge on any atom is -0.491 e. The van der Waals surface area contributed by atoms with Crippen LogP contribution in [0, 0.1) is 12.8 Å². The maximum Gasteiger partial charge on any atom is 0.412 e. The first-order valence-corrected chi connectivity index (χ1v) is 11.6. The Morgan fingerprint density at radius 2 is 1.69 bits per heavy atom. The van der Waals surface area contributed by atoms with Crippen molar-refractivity contribution in [3.8, 4) is 5.75 Å². The second kappa shape index (κ2) is 13.0. The van der Waals surface area contributed by atoms with Crippen molar-refractivity contribution in [2.45, 2.75) is 20.0 Å². The minimum absolute atomic E-state index is 0.0877. The van der Waals surface area contributed by atoms with Gasteiger partial charge in [0.25, 0.3) is 0 Å². The van der Waals surface area contributed by atoms with Gasteiger partial charge in [0.1, 0.15) is 18.5 Å². The Labute approximate surface area is 210 Å². The Morgan fingerprint density at radius 1 is 1.00 bits per heavy atom. The second-order valence-electron chi connectivity index (χ2n) is 8.22. The normalized spacial score (nSPS) is 12.5. The maximum atomic E-state index is 12.8. The topological polar surface area (TPSA) is 123 Å². The number of benzene rings is 3. The molecular formula is C28H31N3O5. The van der Waals surface area contributed by atoms with Crippen LogP contribution in [0.15, 0.2) is 84.9 Å². The van der Waals surface area contributed by atoms with Crippen LogP contribution in [0.5, 0.6) is 5.75 Å². The number of nitrogen functional groups attached to an aromatic ring is 1. The molecule has 5 N–H and O–H groups in total. The summed E-state index contributed by atoms with van der Waals surface area (Å²) < 4.78 is 11.5. The molecule has 0 heterocycles. The number of carbonyl (C=O) groups is 2. The number of anilines is 3. The van der Waals surface area contributed by atoms with E-state index in [9.17, 15) is 14.7 Å². The Balaban J connectivity index is 1.80. The van der Waals surface area contributed by atoms with Crippen LogP contribution in [0.1, 0.15) is 24.2 Å². The van der Waals surface area contributed by atoms with E-state index in [1.807, 2.05) is 26.0 Å². The molecule has 3 aromatic rings. The predicted octanol–water partition coefficient (Wildman–Crippen LogP) is 5.07. The largest absolute Gasteiger partial charge is 0.491 e. The first-order chi connectivity index (χ1) is 17.4. The molecule has 0 spiro atoms. The molecule has 0 aliphatic rings. The van der Waals surface area contributed by atoms with Gasteiger partial charge in [0, 0.05) is 17.2 Å². The lowest BCUT2D eigenvalue weighted by atomic mass is 9.95. The van der Waals surface area contributed by atoms with Crippen LogP contribution in [-0.2, 0) is 9.53 Å². The Bertz CT molecular complexity index is 1190. The van der Waals surface area contributed by atoms with Crippen molar-refractivity contribution in [2.75, 3.05) is 29.6 Å². The van der Waals surface area contributed by atoms with Crippen molar-refractivity contribution in [1.82, 2.24) is 0 Å².